The normalized spacial score (nSPS) is 22.4. The molecule has 0 radical (unpaired) electrons. The molecule has 3 rings (SSSR count). The number of benzene rings is 1. The van der Waals surface area contributed by atoms with E-state index in [2.05, 4.69) is 20.1 Å². The molecule has 0 aromatic heterocycles. The van der Waals surface area contributed by atoms with Gasteiger partial charge in [-0.25, -0.2) is 12.8 Å². The average Bonchev–Trinajstić information content (AvgIpc) is 2.98. The van der Waals surface area contributed by atoms with E-state index in [9.17, 15) is 12.8 Å². The lowest BCUT2D eigenvalue weighted by Gasteiger charge is -2.37. The van der Waals surface area contributed by atoms with E-state index >= 15 is 0 Å². The Labute approximate surface area is 178 Å². The molecular formula is C18H28FIN4O2S. The Morgan fingerprint density at radius 3 is 2.56 bits per heavy atom. The summed E-state index contributed by atoms with van der Waals surface area (Å²) in [4.78, 5) is 8.90. The first kappa shape index (κ1) is 22.2. The molecule has 0 bridgehead atoms. The number of sulfone groups is 1. The first-order chi connectivity index (χ1) is 12.5. The topological polar surface area (TPSA) is 65.0 Å². The van der Waals surface area contributed by atoms with E-state index in [-0.39, 0.29) is 47.2 Å². The molecule has 1 aromatic rings. The van der Waals surface area contributed by atoms with Crippen LogP contribution in [0.15, 0.2) is 29.3 Å². The number of piperazine rings is 1. The van der Waals surface area contributed by atoms with Crippen LogP contribution in [0.1, 0.15) is 13.3 Å². The van der Waals surface area contributed by atoms with Crippen molar-refractivity contribution >= 4 is 45.5 Å². The number of hydrogen-bond acceptors (Lipinski definition) is 4. The first-order valence-electron chi connectivity index (χ1n) is 9.21. The number of hydrogen-bond donors (Lipinski definition) is 1. The van der Waals surface area contributed by atoms with Gasteiger partial charge in [-0.3, -0.25) is 4.99 Å². The van der Waals surface area contributed by atoms with Crippen molar-refractivity contribution < 1.29 is 12.8 Å². The van der Waals surface area contributed by atoms with Gasteiger partial charge in [0.2, 0.25) is 0 Å². The molecule has 1 aromatic carbocycles. The third-order valence-electron chi connectivity index (χ3n) is 4.93. The third kappa shape index (κ3) is 5.94. The van der Waals surface area contributed by atoms with Crippen LogP contribution in [-0.2, 0) is 9.84 Å². The highest BCUT2D eigenvalue weighted by Crippen LogP contribution is 2.21. The maximum absolute atomic E-state index is 14.0. The number of halogens is 2. The Kier molecular flexibility index (Phi) is 8.14. The van der Waals surface area contributed by atoms with E-state index in [1.807, 2.05) is 19.1 Å². The average molecular weight is 510 g/mol. The van der Waals surface area contributed by atoms with Gasteiger partial charge >= 0.3 is 0 Å². The molecule has 6 nitrogen and oxygen atoms in total. The zero-order valence-corrected chi connectivity index (χ0v) is 18.8. The van der Waals surface area contributed by atoms with Crippen molar-refractivity contribution in [3.05, 3.63) is 30.1 Å². The summed E-state index contributed by atoms with van der Waals surface area (Å²) in [5.41, 5.74) is 0.644. The van der Waals surface area contributed by atoms with Crippen LogP contribution in [0.4, 0.5) is 10.1 Å². The lowest BCUT2D eigenvalue weighted by molar-refractivity contribution is 0.369. The lowest BCUT2D eigenvalue weighted by atomic mass is 10.1. The van der Waals surface area contributed by atoms with E-state index in [0.717, 1.165) is 38.7 Å². The summed E-state index contributed by atoms with van der Waals surface area (Å²) in [7, 11) is -2.87. The summed E-state index contributed by atoms with van der Waals surface area (Å²) >= 11 is 0. The van der Waals surface area contributed by atoms with Gasteiger partial charge in [-0.1, -0.05) is 12.1 Å². The van der Waals surface area contributed by atoms with Crippen LogP contribution in [0.2, 0.25) is 0 Å². The van der Waals surface area contributed by atoms with Gasteiger partial charge in [-0.15, -0.1) is 24.0 Å². The summed E-state index contributed by atoms with van der Waals surface area (Å²) in [6, 6.07) is 6.86. The number of rotatable bonds is 4. The third-order valence-corrected chi connectivity index (χ3v) is 6.77. The van der Waals surface area contributed by atoms with E-state index in [4.69, 9.17) is 0 Å². The molecule has 0 saturated carbocycles. The molecule has 2 saturated heterocycles. The summed E-state index contributed by atoms with van der Waals surface area (Å²) in [5.74, 6) is 1.28. The van der Waals surface area contributed by atoms with Crippen molar-refractivity contribution in [2.45, 2.75) is 13.3 Å². The summed E-state index contributed by atoms with van der Waals surface area (Å²) in [6.07, 6.45) is 0.701. The van der Waals surface area contributed by atoms with E-state index in [0.29, 0.717) is 18.7 Å². The van der Waals surface area contributed by atoms with Gasteiger partial charge in [0, 0.05) is 39.3 Å². The van der Waals surface area contributed by atoms with Crippen molar-refractivity contribution in [3.63, 3.8) is 0 Å². The minimum absolute atomic E-state index is 0. The second-order valence-corrected chi connectivity index (χ2v) is 9.12. The monoisotopic (exact) mass is 510 g/mol. The standard InChI is InChI=1S/C18H27FN4O2S.HI/c1-2-20-18(21-13-15-7-12-26(24,25)14-15)23-10-8-22(9-11-23)17-6-4-3-5-16(17)19;/h3-6,15H,2,7-14H2,1H3,(H,20,21);1H. The van der Waals surface area contributed by atoms with Gasteiger partial charge < -0.3 is 15.1 Å². The van der Waals surface area contributed by atoms with Crippen LogP contribution in [0.5, 0.6) is 0 Å². The largest absolute Gasteiger partial charge is 0.366 e. The maximum atomic E-state index is 14.0. The van der Waals surface area contributed by atoms with E-state index in [1.54, 1.807) is 6.07 Å². The number of aliphatic imine (C=N–C) groups is 1. The molecule has 2 fully saturated rings. The second-order valence-electron chi connectivity index (χ2n) is 6.89. The van der Waals surface area contributed by atoms with Gasteiger partial charge in [0.1, 0.15) is 5.82 Å². The highest BCUT2D eigenvalue weighted by atomic mass is 127. The van der Waals surface area contributed by atoms with Crippen LogP contribution < -0.4 is 10.2 Å². The predicted molar refractivity (Wildman–Crippen MR) is 118 cm³/mol. The molecule has 1 unspecified atom stereocenters. The molecule has 2 aliphatic rings. The smallest absolute Gasteiger partial charge is 0.194 e. The Bertz CT molecular complexity index is 751. The maximum Gasteiger partial charge on any atom is 0.194 e. The first-order valence-corrected chi connectivity index (χ1v) is 11.0. The van der Waals surface area contributed by atoms with Gasteiger partial charge in [0.05, 0.1) is 17.2 Å². The summed E-state index contributed by atoms with van der Waals surface area (Å²) < 4.78 is 37.2. The fourth-order valence-corrected chi connectivity index (χ4v) is 5.37. The molecular weight excluding hydrogens is 482 g/mol. The number of anilines is 1. The zero-order valence-electron chi connectivity index (χ0n) is 15.6. The van der Waals surface area contributed by atoms with Gasteiger partial charge in [0.15, 0.2) is 15.8 Å². The molecule has 1 atom stereocenters. The Hall–Kier alpha value is -1.10. The molecule has 27 heavy (non-hydrogen) atoms. The van der Waals surface area contributed by atoms with Crippen LogP contribution in [-0.4, -0.2) is 70.1 Å². The Balaban J connectivity index is 0.00000261. The molecule has 0 aliphatic carbocycles. The van der Waals surface area contributed by atoms with Gasteiger partial charge in [-0.2, -0.15) is 0 Å². The van der Waals surface area contributed by atoms with Gasteiger partial charge in [0.25, 0.3) is 0 Å². The van der Waals surface area contributed by atoms with Crippen LogP contribution in [0, 0.1) is 11.7 Å². The summed E-state index contributed by atoms with van der Waals surface area (Å²) in [5, 5.41) is 3.30. The molecule has 0 amide bonds. The molecule has 2 heterocycles. The molecule has 152 valence electrons. The van der Waals surface area contributed by atoms with Crippen molar-refractivity contribution in [1.29, 1.82) is 0 Å². The molecule has 0 spiro atoms. The van der Waals surface area contributed by atoms with Crippen LogP contribution in [0.3, 0.4) is 0 Å². The predicted octanol–water partition coefficient (Wildman–Crippen LogP) is 1.97. The second kappa shape index (κ2) is 9.90. The van der Waals surface area contributed by atoms with Crippen molar-refractivity contribution in [2.24, 2.45) is 10.9 Å². The van der Waals surface area contributed by atoms with Crippen molar-refractivity contribution in [3.8, 4) is 0 Å². The number of nitrogens with zero attached hydrogens (tertiary/aromatic N) is 3. The molecule has 9 heteroatoms. The zero-order chi connectivity index (χ0) is 18.6. The minimum atomic E-state index is -2.87. The number of guanidine groups is 1. The minimum Gasteiger partial charge on any atom is -0.366 e. The van der Waals surface area contributed by atoms with Crippen LogP contribution >= 0.6 is 24.0 Å². The molecule has 2 aliphatic heterocycles. The Morgan fingerprint density at radius 1 is 1.26 bits per heavy atom. The fourth-order valence-electron chi connectivity index (χ4n) is 3.52. The highest BCUT2D eigenvalue weighted by Gasteiger charge is 2.28. The van der Waals surface area contributed by atoms with Crippen LogP contribution in [0.25, 0.3) is 0 Å². The van der Waals surface area contributed by atoms with Crippen molar-refractivity contribution in [1.82, 2.24) is 10.2 Å². The van der Waals surface area contributed by atoms with E-state index in [1.165, 1.54) is 6.07 Å². The fraction of sp³-hybridized carbons (Fsp3) is 0.611. The highest BCUT2D eigenvalue weighted by molar-refractivity contribution is 14.0. The lowest BCUT2D eigenvalue weighted by Crippen LogP contribution is -2.52. The quantitative estimate of drug-likeness (QED) is 0.382. The van der Waals surface area contributed by atoms with Gasteiger partial charge in [-0.05, 0) is 31.4 Å². The SMILES string of the molecule is CCNC(=NCC1CCS(=O)(=O)C1)N1CCN(c2ccccc2F)CC1.I. The number of para-hydroxylation sites is 1. The summed E-state index contributed by atoms with van der Waals surface area (Å²) in [6.45, 7) is 6.27. The van der Waals surface area contributed by atoms with Crippen molar-refractivity contribution in [2.75, 3.05) is 55.7 Å². The molecule has 1 N–H and O–H groups in total. The Morgan fingerprint density at radius 2 is 1.96 bits per heavy atom. The number of nitrogens with one attached hydrogen (secondary N) is 1. The van der Waals surface area contributed by atoms with E-state index < -0.39 is 9.84 Å².